The summed E-state index contributed by atoms with van der Waals surface area (Å²) >= 11 is 2.20. The Kier molecular flexibility index (Phi) is 3.15. The molecule has 0 amide bonds. The average Bonchev–Trinajstić information content (AvgIpc) is 2.20. The van der Waals surface area contributed by atoms with Gasteiger partial charge >= 0.3 is 0 Å². The number of hydrogen-bond acceptors (Lipinski definition) is 4. The standard InChI is InChI=1S/C9H11IN2O2S/c10-8-1-2-9(11-7-8)12-3-5-15(13,14)6-4-12/h1-2,7H,3-6H2. The predicted octanol–water partition coefficient (Wildman–Crippen LogP) is 0.921. The van der Waals surface area contributed by atoms with Crippen LogP contribution in [0.4, 0.5) is 5.82 Å². The van der Waals surface area contributed by atoms with Crippen molar-refractivity contribution in [1.82, 2.24) is 4.98 Å². The van der Waals surface area contributed by atoms with Crippen LogP contribution in [0.3, 0.4) is 0 Å². The van der Waals surface area contributed by atoms with Gasteiger partial charge in [0.05, 0.1) is 11.5 Å². The maximum Gasteiger partial charge on any atom is 0.153 e. The summed E-state index contributed by atoms with van der Waals surface area (Å²) in [5, 5.41) is 0. The molecular weight excluding hydrogens is 327 g/mol. The quantitative estimate of drug-likeness (QED) is 0.715. The van der Waals surface area contributed by atoms with Gasteiger partial charge in [-0.25, -0.2) is 13.4 Å². The van der Waals surface area contributed by atoms with Crippen LogP contribution in [0.15, 0.2) is 18.3 Å². The van der Waals surface area contributed by atoms with E-state index in [2.05, 4.69) is 27.6 Å². The minimum absolute atomic E-state index is 0.237. The number of pyridine rings is 1. The third-order valence-corrected chi connectivity index (χ3v) is 4.63. The van der Waals surface area contributed by atoms with Gasteiger partial charge in [0.15, 0.2) is 9.84 Å². The smallest absolute Gasteiger partial charge is 0.153 e. The molecule has 1 aliphatic heterocycles. The van der Waals surface area contributed by atoms with E-state index in [-0.39, 0.29) is 11.5 Å². The number of aromatic nitrogens is 1. The monoisotopic (exact) mass is 338 g/mol. The molecule has 1 aromatic rings. The van der Waals surface area contributed by atoms with E-state index in [1.807, 2.05) is 17.0 Å². The maximum atomic E-state index is 11.2. The Bertz CT molecular complexity index is 430. The minimum Gasteiger partial charge on any atom is -0.355 e. The second-order valence-corrected chi connectivity index (χ2v) is 7.02. The number of sulfone groups is 1. The Morgan fingerprint density at radius 3 is 2.47 bits per heavy atom. The van der Waals surface area contributed by atoms with Gasteiger partial charge in [-0.2, -0.15) is 0 Å². The molecule has 15 heavy (non-hydrogen) atoms. The third-order valence-electron chi connectivity index (χ3n) is 2.38. The van der Waals surface area contributed by atoms with E-state index in [0.717, 1.165) is 9.39 Å². The molecule has 6 heteroatoms. The van der Waals surface area contributed by atoms with Crippen LogP contribution >= 0.6 is 22.6 Å². The van der Waals surface area contributed by atoms with Crippen LogP contribution < -0.4 is 4.90 Å². The Labute approximate surface area is 103 Å². The van der Waals surface area contributed by atoms with E-state index in [9.17, 15) is 8.42 Å². The van der Waals surface area contributed by atoms with E-state index in [1.54, 1.807) is 6.20 Å². The van der Waals surface area contributed by atoms with Crippen molar-refractivity contribution < 1.29 is 8.42 Å². The molecule has 0 bridgehead atoms. The Morgan fingerprint density at radius 1 is 1.27 bits per heavy atom. The highest BCUT2D eigenvalue weighted by atomic mass is 127. The van der Waals surface area contributed by atoms with E-state index in [1.165, 1.54) is 0 Å². The van der Waals surface area contributed by atoms with Crippen molar-refractivity contribution in [2.24, 2.45) is 0 Å². The first kappa shape index (κ1) is 11.1. The summed E-state index contributed by atoms with van der Waals surface area (Å²) in [4.78, 5) is 6.28. The number of halogens is 1. The van der Waals surface area contributed by atoms with Gasteiger partial charge in [0.2, 0.25) is 0 Å². The molecule has 2 heterocycles. The number of nitrogens with zero attached hydrogens (tertiary/aromatic N) is 2. The van der Waals surface area contributed by atoms with Gasteiger partial charge in [-0.3, -0.25) is 0 Å². The highest BCUT2D eigenvalue weighted by Crippen LogP contribution is 2.15. The Morgan fingerprint density at radius 2 is 1.93 bits per heavy atom. The lowest BCUT2D eigenvalue weighted by atomic mass is 10.4. The van der Waals surface area contributed by atoms with Gasteiger partial charge in [0.25, 0.3) is 0 Å². The van der Waals surface area contributed by atoms with Crippen LogP contribution in [0.5, 0.6) is 0 Å². The molecule has 4 nitrogen and oxygen atoms in total. The van der Waals surface area contributed by atoms with Crippen molar-refractivity contribution in [2.45, 2.75) is 0 Å². The molecule has 0 spiro atoms. The maximum absolute atomic E-state index is 11.2. The molecule has 0 unspecified atom stereocenters. The van der Waals surface area contributed by atoms with E-state index < -0.39 is 9.84 Å². The van der Waals surface area contributed by atoms with Gasteiger partial charge in [-0.15, -0.1) is 0 Å². The lowest BCUT2D eigenvalue weighted by molar-refractivity contribution is 0.586. The summed E-state index contributed by atoms with van der Waals surface area (Å²) in [5.41, 5.74) is 0. The number of anilines is 1. The van der Waals surface area contributed by atoms with Crippen molar-refractivity contribution >= 4 is 38.2 Å². The van der Waals surface area contributed by atoms with Gasteiger partial charge < -0.3 is 4.90 Å². The normalized spacial score (nSPS) is 20.2. The van der Waals surface area contributed by atoms with Crippen molar-refractivity contribution in [1.29, 1.82) is 0 Å². The van der Waals surface area contributed by atoms with E-state index >= 15 is 0 Å². The van der Waals surface area contributed by atoms with Crippen molar-refractivity contribution in [3.63, 3.8) is 0 Å². The van der Waals surface area contributed by atoms with Crippen LogP contribution in [0.2, 0.25) is 0 Å². The van der Waals surface area contributed by atoms with Crippen LogP contribution in [0, 0.1) is 3.57 Å². The third kappa shape index (κ3) is 2.81. The summed E-state index contributed by atoms with van der Waals surface area (Å²) in [5.74, 6) is 1.34. The first-order chi connectivity index (χ1) is 7.07. The Hall–Kier alpha value is -0.370. The zero-order valence-corrected chi connectivity index (χ0v) is 11.0. The number of rotatable bonds is 1. The second-order valence-electron chi connectivity index (χ2n) is 3.47. The number of hydrogen-bond donors (Lipinski definition) is 0. The van der Waals surface area contributed by atoms with Gasteiger partial charge in [0, 0.05) is 22.9 Å². The van der Waals surface area contributed by atoms with Gasteiger partial charge in [0.1, 0.15) is 5.82 Å². The average molecular weight is 338 g/mol. The molecule has 0 N–H and O–H groups in total. The molecule has 1 aromatic heterocycles. The molecule has 0 radical (unpaired) electrons. The van der Waals surface area contributed by atoms with Crippen LogP contribution in [-0.4, -0.2) is 38.0 Å². The fourth-order valence-corrected chi connectivity index (χ4v) is 3.02. The SMILES string of the molecule is O=S1(=O)CCN(c2ccc(I)cn2)CC1. The fraction of sp³-hybridized carbons (Fsp3) is 0.444. The zero-order chi connectivity index (χ0) is 10.9. The second kappa shape index (κ2) is 4.25. The molecule has 1 saturated heterocycles. The van der Waals surface area contributed by atoms with E-state index in [0.29, 0.717) is 13.1 Å². The van der Waals surface area contributed by atoms with E-state index in [4.69, 9.17) is 0 Å². The highest BCUT2D eigenvalue weighted by molar-refractivity contribution is 14.1. The first-order valence-corrected chi connectivity index (χ1v) is 7.54. The van der Waals surface area contributed by atoms with Crippen molar-refractivity contribution in [2.75, 3.05) is 29.5 Å². The molecule has 0 saturated carbocycles. The Balaban J connectivity index is 2.11. The van der Waals surface area contributed by atoms with Crippen LogP contribution in [0.25, 0.3) is 0 Å². The molecular formula is C9H11IN2O2S. The molecule has 2 rings (SSSR count). The fourth-order valence-electron chi connectivity index (χ4n) is 1.50. The molecule has 82 valence electrons. The summed E-state index contributed by atoms with van der Waals surface area (Å²) in [6.07, 6.45) is 1.79. The summed E-state index contributed by atoms with van der Waals surface area (Å²) in [7, 11) is -2.80. The van der Waals surface area contributed by atoms with Gasteiger partial charge in [-0.05, 0) is 34.7 Å². The van der Waals surface area contributed by atoms with Gasteiger partial charge in [-0.1, -0.05) is 0 Å². The molecule has 0 atom stereocenters. The summed E-state index contributed by atoms with van der Waals surface area (Å²) in [6.45, 7) is 1.10. The molecule has 0 aromatic carbocycles. The summed E-state index contributed by atoms with van der Waals surface area (Å²) in [6, 6.07) is 3.91. The lowest BCUT2D eigenvalue weighted by Gasteiger charge is -2.27. The molecule has 0 aliphatic carbocycles. The topological polar surface area (TPSA) is 50.3 Å². The first-order valence-electron chi connectivity index (χ1n) is 4.64. The minimum atomic E-state index is -2.80. The predicted molar refractivity (Wildman–Crippen MR) is 67.8 cm³/mol. The van der Waals surface area contributed by atoms with Crippen LogP contribution in [0.1, 0.15) is 0 Å². The highest BCUT2D eigenvalue weighted by Gasteiger charge is 2.22. The largest absolute Gasteiger partial charge is 0.355 e. The lowest BCUT2D eigenvalue weighted by Crippen LogP contribution is -2.40. The molecule has 1 fully saturated rings. The molecule has 1 aliphatic rings. The van der Waals surface area contributed by atoms with Crippen LogP contribution in [-0.2, 0) is 9.84 Å². The zero-order valence-electron chi connectivity index (χ0n) is 8.06. The van der Waals surface area contributed by atoms with Crippen molar-refractivity contribution in [3.05, 3.63) is 21.9 Å². The van der Waals surface area contributed by atoms with Crippen molar-refractivity contribution in [3.8, 4) is 0 Å². The summed E-state index contributed by atoms with van der Waals surface area (Å²) < 4.78 is 23.6.